The van der Waals surface area contributed by atoms with E-state index in [9.17, 15) is 5.26 Å². The van der Waals surface area contributed by atoms with Crippen LogP contribution in [0.3, 0.4) is 0 Å². The van der Waals surface area contributed by atoms with E-state index in [0.29, 0.717) is 5.02 Å². The quantitative estimate of drug-likeness (QED) is 0.847. The monoisotopic (exact) mass is 249 g/mol. The minimum Gasteiger partial charge on any atom is -0.367 e. The zero-order valence-electron chi connectivity index (χ0n) is 9.83. The second-order valence-electron chi connectivity index (χ2n) is 4.57. The molecule has 2 atom stereocenters. The molecular formula is C13H16ClN3. The number of piperidine rings is 1. The molecule has 3 nitrogen and oxygen atoms in total. The third-order valence-electron chi connectivity index (χ3n) is 3.40. The van der Waals surface area contributed by atoms with Crippen molar-refractivity contribution < 1.29 is 0 Å². The molecule has 1 aromatic rings. The fraction of sp³-hybridized carbons (Fsp3) is 0.462. The van der Waals surface area contributed by atoms with Gasteiger partial charge in [-0.25, -0.2) is 0 Å². The van der Waals surface area contributed by atoms with Crippen molar-refractivity contribution in [1.82, 2.24) is 5.32 Å². The van der Waals surface area contributed by atoms with Gasteiger partial charge in [-0.1, -0.05) is 18.5 Å². The molecule has 17 heavy (non-hydrogen) atoms. The van der Waals surface area contributed by atoms with Gasteiger partial charge in [0.15, 0.2) is 0 Å². The number of benzene rings is 1. The molecule has 1 fully saturated rings. The van der Waals surface area contributed by atoms with Gasteiger partial charge in [0.05, 0.1) is 6.07 Å². The number of hydrogen-bond acceptors (Lipinski definition) is 3. The smallest absolute Gasteiger partial charge is 0.130 e. The first kappa shape index (κ1) is 12.2. The van der Waals surface area contributed by atoms with E-state index in [1.807, 2.05) is 24.3 Å². The van der Waals surface area contributed by atoms with Crippen LogP contribution < -0.4 is 10.6 Å². The summed E-state index contributed by atoms with van der Waals surface area (Å²) in [6, 6.07) is 9.94. The molecule has 0 amide bonds. The van der Waals surface area contributed by atoms with Crippen molar-refractivity contribution >= 4 is 17.3 Å². The Morgan fingerprint density at radius 2 is 2.18 bits per heavy atom. The molecule has 1 aliphatic heterocycles. The SMILES string of the molecule is CC1CNCCC1(C#N)Nc1ccc(Cl)cc1. The van der Waals surface area contributed by atoms with Crippen LogP contribution in [0.15, 0.2) is 24.3 Å². The summed E-state index contributed by atoms with van der Waals surface area (Å²) in [6.07, 6.45) is 0.813. The summed E-state index contributed by atoms with van der Waals surface area (Å²) in [5, 5.41) is 16.8. The van der Waals surface area contributed by atoms with Crippen LogP contribution in [0, 0.1) is 17.2 Å². The summed E-state index contributed by atoms with van der Waals surface area (Å²) in [4.78, 5) is 0. The summed E-state index contributed by atoms with van der Waals surface area (Å²) >= 11 is 5.85. The highest BCUT2D eigenvalue weighted by atomic mass is 35.5. The highest BCUT2D eigenvalue weighted by molar-refractivity contribution is 6.30. The van der Waals surface area contributed by atoms with Gasteiger partial charge in [-0.05, 0) is 37.2 Å². The molecular weight excluding hydrogens is 234 g/mol. The minimum atomic E-state index is -0.473. The molecule has 1 saturated heterocycles. The van der Waals surface area contributed by atoms with E-state index in [1.54, 1.807) is 0 Å². The normalized spacial score (nSPS) is 28.4. The van der Waals surface area contributed by atoms with Crippen molar-refractivity contribution in [2.24, 2.45) is 5.92 Å². The van der Waals surface area contributed by atoms with Gasteiger partial charge in [-0.15, -0.1) is 0 Å². The van der Waals surface area contributed by atoms with Crippen molar-refractivity contribution in [2.45, 2.75) is 18.9 Å². The Morgan fingerprint density at radius 3 is 2.76 bits per heavy atom. The second-order valence-corrected chi connectivity index (χ2v) is 5.01. The average molecular weight is 250 g/mol. The Bertz CT molecular complexity index is 423. The average Bonchev–Trinajstić information content (AvgIpc) is 2.35. The zero-order valence-corrected chi connectivity index (χ0v) is 10.6. The third kappa shape index (κ3) is 2.54. The van der Waals surface area contributed by atoms with E-state index in [-0.39, 0.29) is 5.92 Å². The summed E-state index contributed by atoms with van der Waals surface area (Å²) in [7, 11) is 0. The van der Waals surface area contributed by atoms with Crippen molar-refractivity contribution in [3.8, 4) is 6.07 Å². The highest BCUT2D eigenvalue weighted by Gasteiger charge is 2.38. The molecule has 0 aliphatic carbocycles. The molecule has 1 heterocycles. The first-order valence-electron chi connectivity index (χ1n) is 5.82. The van der Waals surface area contributed by atoms with Gasteiger partial charge in [0, 0.05) is 23.2 Å². The third-order valence-corrected chi connectivity index (χ3v) is 3.65. The van der Waals surface area contributed by atoms with Crippen LogP contribution in [-0.4, -0.2) is 18.6 Å². The summed E-state index contributed by atoms with van der Waals surface area (Å²) in [6.45, 7) is 3.84. The van der Waals surface area contributed by atoms with Crippen molar-refractivity contribution in [3.63, 3.8) is 0 Å². The maximum atomic E-state index is 9.46. The number of rotatable bonds is 2. The molecule has 1 aromatic carbocycles. The van der Waals surface area contributed by atoms with Crippen LogP contribution in [0.25, 0.3) is 0 Å². The van der Waals surface area contributed by atoms with Gasteiger partial charge in [0.25, 0.3) is 0 Å². The molecule has 0 radical (unpaired) electrons. The molecule has 2 rings (SSSR count). The maximum absolute atomic E-state index is 9.46. The first-order valence-corrected chi connectivity index (χ1v) is 6.20. The van der Waals surface area contributed by atoms with Crippen LogP contribution >= 0.6 is 11.6 Å². The van der Waals surface area contributed by atoms with Crippen LogP contribution in [0.2, 0.25) is 5.02 Å². The van der Waals surface area contributed by atoms with Gasteiger partial charge < -0.3 is 10.6 Å². The lowest BCUT2D eigenvalue weighted by molar-refractivity contribution is 0.304. The molecule has 4 heteroatoms. The van der Waals surface area contributed by atoms with Crippen molar-refractivity contribution in [3.05, 3.63) is 29.3 Å². The summed E-state index contributed by atoms with van der Waals surface area (Å²) < 4.78 is 0. The molecule has 0 bridgehead atoms. The summed E-state index contributed by atoms with van der Waals surface area (Å²) in [5.41, 5.74) is 0.476. The van der Waals surface area contributed by atoms with Gasteiger partial charge >= 0.3 is 0 Å². The van der Waals surface area contributed by atoms with Crippen LogP contribution in [0.1, 0.15) is 13.3 Å². The Labute approximate surface area is 107 Å². The van der Waals surface area contributed by atoms with E-state index in [0.717, 1.165) is 25.2 Å². The van der Waals surface area contributed by atoms with Crippen LogP contribution in [0.5, 0.6) is 0 Å². The topological polar surface area (TPSA) is 47.9 Å². The molecule has 1 aliphatic rings. The maximum Gasteiger partial charge on any atom is 0.130 e. The van der Waals surface area contributed by atoms with E-state index >= 15 is 0 Å². The van der Waals surface area contributed by atoms with Crippen molar-refractivity contribution in [1.29, 1.82) is 5.26 Å². The Morgan fingerprint density at radius 1 is 1.47 bits per heavy atom. The lowest BCUT2D eigenvalue weighted by atomic mass is 9.80. The first-order chi connectivity index (χ1) is 8.16. The predicted octanol–water partition coefficient (Wildman–Crippen LogP) is 2.64. The number of nitrogens with zero attached hydrogens (tertiary/aromatic N) is 1. The van der Waals surface area contributed by atoms with Gasteiger partial charge in [0.1, 0.15) is 5.54 Å². The molecule has 0 saturated carbocycles. The molecule has 0 spiro atoms. The largest absolute Gasteiger partial charge is 0.367 e. The Kier molecular flexibility index (Phi) is 3.56. The predicted molar refractivity (Wildman–Crippen MR) is 70.1 cm³/mol. The number of halogens is 1. The molecule has 0 aromatic heterocycles. The summed E-state index contributed by atoms with van der Waals surface area (Å²) in [5.74, 6) is 0.275. The zero-order chi connectivity index (χ0) is 12.3. The van der Waals surface area contributed by atoms with Crippen molar-refractivity contribution in [2.75, 3.05) is 18.4 Å². The number of nitriles is 1. The second kappa shape index (κ2) is 4.95. The molecule has 2 unspecified atom stereocenters. The standard InChI is InChI=1S/C13H16ClN3/c1-10-8-16-7-6-13(10,9-15)17-12-4-2-11(14)3-5-12/h2-5,10,16-17H,6-8H2,1H3. The van der Waals surface area contributed by atoms with Gasteiger partial charge in [-0.2, -0.15) is 5.26 Å². The Hall–Kier alpha value is -1.24. The van der Waals surface area contributed by atoms with E-state index in [2.05, 4.69) is 23.6 Å². The minimum absolute atomic E-state index is 0.275. The van der Waals surface area contributed by atoms with Gasteiger partial charge in [-0.3, -0.25) is 0 Å². The van der Waals surface area contributed by atoms with Crippen LogP contribution in [-0.2, 0) is 0 Å². The lowest BCUT2D eigenvalue weighted by Gasteiger charge is -2.38. The number of nitrogens with one attached hydrogen (secondary N) is 2. The van der Waals surface area contributed by atoms with E-state index in [1.165, 1.54) is 0 Å². The van der Waals surface area contributed by atoms with E-state index < -0.39 is 5.54 Å². The Balaban J connectivity index is 2.19. The lowest BCUT2D eigenvalue weighted by Crippen LogP contribution is -2.53. The number of anilines is 1. The van der Waals surface area contributed by atoms with Crippen LogP contribution in [0.4, 0.5) is 5.69 Å². The highest BCUT2D eigenvalue weighted by Crippen LogP contribution is 2.28. The van der Waals surface area contributed by atoms with Gasteiger partial charge in [0.2, 0.25) is 0 Å². The molecule has 90 valence electrons. The fourth-order valence-corrected chi connectivity index (χ4v) is 2.32. The number of hydrogen-bond donors (Lipinski definition) is 2. The van der Waals surface area contributed by atoms with E-state index in [4.69, 9.17) is 11.6 Å². The molecule has 2 N–H and O–H groups in total. The fourth-order valence-electron chi connectivity index (χ4n) is 2.20.